The van der Waals surface area contributed by atoms with Crippen LogP contribution in [0.25, 0.3) is 0 Å². The van der Waals surface area contributed by atoms with Gasteiger partial charge in [0.1, 0.15) is 11.6 Å². The van der Waals surface area contributed by atoms with E-state index in [4.69, 9.17) is 16.3 Å². The van der Waals surface area contributed by atoms with Crippen LogP contribution in [0, 0.1) is 12.7 Å². The van der Waals surface area contributed by atoms with Gasteiger partial charge in [-0.1, -0.05) is 11.6 Å². The molecule has 0 fully saturated rings. The third-order valence-electron chi connectivity index (χ3n) is 1.32. The molecule has 0 atom stereocenters. The van der Waals surface area contributed by atoms with E-state index < -0.39 is 5.82 Å². The van der Waals surface area contributed by atoms with E-state index in [0.717, 1.165) is 0 Å². The summed E-state index contributed by atoms with van der Waals surface area (Å²) in [5, 5.41) is 0.261. The molecule has 0 saturated heterocycles. The zero-order valence-electron chi connectivity index (χ0n) is 6.03. The molecule has 59 valence electrons. The first-order chi connectivity index (χ1) is 5.15. The first-order valence-electron chi connectivity index (χ1n) is 3.00. The number of benzene rings is 1. The maximum Gasteiger partial charge on any atom is 0.137 e. The zero-order valence-corrected chi connectivity index (χ0v) is 6.78. The maximum absolute atomic E-state index is 12.7. The van der Waals surface area contributed by atoms with Crippen LogP contribution in [0.2, 0.25) is 5.02 Å². The van der Waals surface area contributed by atoms with Crippen molar-refractivity contribution in [2.45, 2.75) is 0 Å². The largest absolute Gasteiger partial charge is 0.495 e. The number of hydrogen-bond acceptors (Lipinski definition) is 1. The normalized spacial score (nSPS) is 9.82. The predicted octanol–water partition coefficient (Wildman–Crippen LogP) is 2.67. The molecule has 11 heavy (non-hydrogen) atoms. The minimum absolute atomic E-state index is 0.261. The summed E-state index contributed by atoms with van der Waals surface area (Å²) in [5.41, 5.74) is 0.284. The van der Waals surface area contributed by atoms with Crippen LogP contribution < -0.4 is 4.74 Å². The minimum atomic E-state index is -0.421. The Hall–Kier alpha value is -0.760. The van der Waals surface area contributed by atoms with Gasteiger partial charge in [-0.15, -0.1) is 0 Å². The van der Waals surface area contributed by atoms with Crippen LogP contribution in [-0.2, 0) is 0 Å². The minimum Gasteiger partial charge on any atom is -0.495 e. The van der Waals surface area contributed by atoms with Crippen molar-refractivity contribution in [3.63, 3.8) is 0 Å². The molecule has 1 radical (unpaired) electrons. The van der Waals surface area contributed by atoms with Crippen molar-refractivity contribution < 1.29 is 9.13 Å². The second kappa shape index (κ2) is 3.09. The van der Waals surface area contributed by atoms with Crippen LogP contribution in [0.4, 0.5) is 4.39 Å². The smallest absolute Gasteiger partial charge is 0.137 e. The first-order valence-corrected chi connectivity index (χ1v) is 3.38. The lowest BCUT2D eigenvalue weighted by molar-refractivity contribution is 0.413. The topological polar surface area (TPSA) is 9.23 Å². The summed E-state index contributed by atoms with van der Waals surface area (Å²) in [6.45, 7) is 3.46. The lowest BCUT2D eigenvalue weighted by atomic mass is 10.2. The highest BCUT2D eigenvalue weighted by atomic mass is 35.5. The van der Waals surface area contributed by atoms with E-state index in [2.05, 4.69) is 6.92 Å². The fourth-order valence-corrected chi connectivity index (χ4v) is 0.955. The van der Waals surface area contributed by atoms with Gasteiger partial charge in [-0.3, -0.25) is 0 Å². The summed E-state index contributed by atoms with van der Waals surface area (Å²) in [4.78, 5) is 0. The Morgan fingerprint density at radius 1 is 1.55 bits per heavy atom. The Bertz CT molecular complexity index is 273. The van der Waals surface area contributed by atoms with Crippen molar-refractivity contribution in [1.82, 2.24) is 0 Å². The van der Waals surface area contributed by atoms with Crippen molar-refractivity contribution >= 4 is 11.6 Å². The van der Waals surface area contributed by atoms with Crippen LogP contribution in [0.3, 0.4) is 0 Å². The monoisotopic (exact) mass is 173 g/mol. The third kappa shape index (κ3) is 1.63. The van der Waals surface area contributed by atoms with Crippen LogP contribution >= 0.6 is 11.6 Å². The molecule has 1 rings (SSSR count). The molecule has 0 aliphatic heterocycles. The molecule has 0 aliphatic rings. The van der Waals surface area contributed by atoms with E-state index in [1.807, 2.05) is 0 Å². The number of halogens is 2. The third-order valence-corrected chi connectivity index (χ3v) is 1.62. The number of methoxy groups -OCH3 is 1. The summed E-state index contributed by atoms with van der Waals surface area (Å²) >= 11 is 5.61. The Kier molecular flexibility index (Phi) is 2.35. The average molecular weight is 174 g/mol. The fraction of sp³-hybridized carbons (Fsp3) is 0.125. The van der Waals surface area contributed by atoms with Crippen LogP contribution in [0.1, 0.15) is 5.56 Å². The van der Waals surface area contributed by atoms with Gasteiger partial charge in [-0.05, 0) is 24.6 Å². The maximum atomic E-state index is 12.7. The summed E-state index contributed by atoms with van der Waals surface area (Å²) in [5.74, 6) is 0.0221. The van der Waals surface area contributed by atoms with Gasteiger partial charge >= 0.3 is 0 Å². The molecule has 0 N–H and O–H groups in total. The lowest BCUT2D eigenvalue weighted by Crippen LogP contribution is -1.88. The molecular formula is C8H7ClFO. The molecule has 0 saturated carbocycles. The lowest BCUT2D eigenvalue weighted by Gasteiger charge is -2.03. The SMILES string of the molecule is [CH2]c1cc(OC)c(Cl)cc1F. The molecule has 0 heterocycles. The molecule has 0 amide bonds. The van der Waals surface area contributed by atoms with Crippen molar-refractivity contribution in [3.8, 4) is 5.75 Å². The average Bonchev–Trinajstić information content (AvgIpc) is 1.97. The molecule has 0 bridgehead atoms. The van der Waals surface area contributed by atoms with E-state index >= 15 is 0 Å². The molecule has 0 unspecified atom stereocenters. The van der Waals surface area contributed by atoms with Gasteiger partial charge in [0.2, 0.25) is 0 Å². The molecular weight excluding hydrogens is 167 g/mol. The van der Waals surface area contributed by atoms with E-state index in [-0.39, 0.29) is 10.6 Å². The number of ether oxygens (including phenoxy) is 1. The van der Waals surface area contributed by atoms with E-state index in [0.29, 0.717) is 5.75 Å². The molecule has 1 aromatic carbocycles. The van der Waals surface area contributed by atoms with Crippen molar-refractivity contribution in [2.75, 3.05) is 7.11 Å². The van der Waals surface area contributed by atoms with Crippen molar-refractivity contribution in [1.29, 1.82) is 0 Å². The molecule has 0 aliphatic carbocycles. The van der Waals surface area contributed by atoms with Gasteiger partial charge in [-0.2, -0.15) is 0 Å². The molecule has 1 aromatic rings. The number of rotatable bonds is 1. The fourth-order valence-electron chi connectivity index (χ4n) is 0.728. The van der Waals surface area contributed by atoms with Gasteiger partial charge in [0, 0.05) is 0 Å². The van der Waals surface area contributed by atoms with Crippen LogP contribution in [0.5, 0.6) is 5.75 Å². The van der Waals surface area contributed by atoms with Gasteiger partial charge in [-0.25, -0.2) is 4.39 Å². The zero-order chi connectivity index (χ0) is 8.43. The summed E-state index contributed by atoms with van der Waals surface area (Å²) in [6, 6.07) is 2.64. The molecule has 0 spiro atoms. The van der Waals surface area contributed by atoms with E-state index in [9.17, 15) is 4.39 Å². The van der Waals surface area contributed by atoms with Gasteiger partial charge < -0.3 is 4.74 Å². The van der Waals surface area contributed by atoms with Gasteiger partial charge in [0.25, 0.3) is 0 Å². The predicted molar refractivity (Wildman–Crippen MR) is 42.4 cm³/mol. The second-order valence-corrected chi connectivity index (χ2v) is 2.49. The Morgan fingerprint density at radius 3 is 2.73 bits per heavy atom. The first kappa shape index (κ1) is 8.34. The highest BCUT2D eigenvalue weighted by Gasteiger charge is 2.04. The van der Waals surface area contributed by atoms with E-state index in [1.54, 1.807) is 0 Å². The summed E-state index contributed by atoms with van der Waals surface area (Å²) in [7, 11) is 1.47. The summed E-state index contributed by atoms with van der Waals surface area (Å²) < 4.78 is 17.5. The van der Waals surface area contributed by atoms with E-state index in [1.165, 1.54) is 19.2 Å². The molecule has 1 nitrogen and oxygen atoms in total. The highest BCUT2D eigenvalue weighted by Crippen LogP contribution is 2.26. The number of hydrogen-bond donors (Lipinski definition) is 0. The highest BCUT2D eigenvalue weighted by molar-refractivity contribution is 6.32. The van der Waals surface area contributed by atoms with Crippen LogP contribution in [-0.4, -0.2) is 7.11 Å². The van der Waals surface area contributed by atoms with Gasteiger partial charge in [0.05, 0.1) is 12.1 Å². The standard InChI is InChI=1S/C8H7ClFO/c1-5-3-8(11-2)6(9)4-7(5)10/h3-4H,1H2,2H3. The molecule has 3 heteroatoms. The van der Waals surface area contributed by atoms with Crippen molar-refractivity contribution in [2.24, 2.45) is 0 Å². The Labute approximate surface area is 69.7 Å². The second-order valence-electron chi connectivity index (χ2n) is 2.08. The van der Waals surface area contributed by atoms with Crippen molar-refractivity contribution in [3.05, 3.63) is 35.5 Å². The van der Waals surface area contributed by atoms with Gasteiger partial charge in [0.15, 0.2) is 0 Å². The molecule has 0 aromatic heterocycles. The Balaban J connectivity index is 3.21. The van der Waals surface area contributed by atoms with Crippen LogP contribution in [0.15, 0.2) is 12.1 Å². The Morgan fingerprint density at radius 2 is 2.18 bits per heavy atom. The summed E-state index contributed by atoms with van der Waals surface area (Å²) in [6.07, 6.45) is 0. The quantitative estimate of drug-likeness (QED) is 0.635.